The summed E-state index contributed by atoms with van der Waals surface area (Å²) in [4.78, 5) is 32.0. The number of aromatic nitrogens is 2. The first-order chi connectivity index (χ1) is 16.8. The Bertz CT molecular complexity index is 1070. The molecule has 2 bridgehead atoms. The van der Waals surface area contributed by atoms with Crippen molar-refractivity contribution in [3.8, 4) is 0 Å². The lowest BCUT2D eigenvalue weighted by Gasteiger charge is -2.40. The predicted molar refractivity (Wildman–Crippen MR) is 137 cm³/mol. The molecule has 1 unspecified atom stereocenters. The lowest BCUT2D eigenvalue weighted by atomic mass is 9.97. The monoisotopic (exact) mass is 480 g/mol. The summed E-state index contributed by atoms with van der Waals surface area (Å²) >= 11 is 0. The number of rotatable bonds is 7. The number of amides is 2. The average Bonchev–Trinajstić information content (AvgIpc) is 3.52. The van der Waals surface area contributed by atoms with Crippen molar-refractivity contribution in [1.29, 1.82) is 0 Å². The molecule has 35 heavy (non-hydrogen) atoms. The Morgan fingerprint density at radius 2 is 1.86 bits per heavy atom. The fraction of sp³-hybridized carbons (Fsp3) is 0.667. The number of hydrogen-bond donors (Lipinski definition) is 1. The van der Waals surface area contributed by atoms with Crippen LogP contribution in [0.4, 0.5) is 0 Å². The van der Waals surface area contributed by atoms with Crippen molar-refractivity contribution in [1.82, 2.24) is 29.8 Å². The zero-order chi connectivity index (χ0) is 24.7. The van der Waals surface area contributed by atoms with Crippen molar-refractivity contribution in [2.45, 2.75) is 83.1 Å². The van der Waals surface area contributed by atoms with Gasteiger partial charge in [0.1, 0.15) is 0 Å². The second kappa shape index (κ2) is 9.90. The summed E-state index contributed by atoms with van der Waals surface area (Å²) in [5, 5.41) is 8.95. The van der Waals surface area contributed by atoms with Crippen molar-refractivity contribution in [3.05, 3.63) is 30.0 Å². The van der Waals surface area contributed by atoms with Crippen molar-refractivity contribution >= 4 is 22.7 Å². The van der Waals surface area contributed by atoms with Gasteiger partial charge in [-0.15, -0.1) is 0 Å². The number of nitrogens with one attached hydrogen (secondary N) is 1. The number of likely N-dealkylation sites (N-methyl/N-ethyl adjacent to an activating group) is 1. The third-order valence-corrected chi connectivity index (χ3v) is 8.48. The molecule has 2 aromatic rings. The van der Waals surface area contributed by atoms with E-state index in [1.807, 2.05) is 33.8 Å². The highest BCUT2D eigenvalue weighted by molar-refractivity contribution is 6.05. The molecule has 2 amide bonds. The van der Waals surface area contributed by atoms with Gasteiger partial charge in [-0.05, 0) is 59.1 Å². The topological polar surface area (TPSA) is 73.7 Å². The minimum Gasteiger partial charge on any atom is -0.348 e. The molecule has 3 fully saturated rings. The number of fused-ring (bicyclic) bond motifs is 3. The van der Waals surface area contributed by atoms with E-state index in [-0.39, 0.29) is 23.9 Å². The van der Waals surface area contributed by atoms with Crippen molar-refractivity contribution < 1.29 is 9.59 Å². The van der Waals surface area contributed by atoms with Gasteiger partial charge in [-0.3, -0.25) is 19.2 Å². The SMILES string of the molecule is CC(=O)N1CC[C@H](N(C)CCN2[C@@H]3CC[C@H]2CC(NC(=O)c2nn(C(C)C)c4ccccc24)C3)C1. The Morgan fingerprint density at radius 1 is 1.14 bits per heavy atom. The van der Waals surface area contributed by atoms with E-state index >= 15 is 0 Å². The number of benzene rings is 1. The Hall–Kier alpha value is -2.45. The van der Waals surface area contributed by atoms with Crippen LogP contribution in [-0.4, -0.2) is 93.7 Å². The van der Waals surface area contributed by atoms with Gasteiger partial charge in [0.25, 0.3) is 5.91 Å². The summed E-state index contributed by atoms with van der Waals surface area (Å²) < 4.78 is 1.95. The van der Waals surface area contributed by atoms with Gasteiger partial charge >= 0.3 is 0 Å². The molecule has 5 rings (SSSR count). The molecule has 0 spiro atoms. The fourth-order valence-electron chi connectivity index (χ4n) is 6.50. The molecule has 190 valence electrons. The summed E-state index contributed by atoms with van der Waals surface area (Å²) in [5.41, 5.74) is 1.56. The third kappa shape index (κ3) is 4.83. The molecule has 4 heterocycles. The van der Waals surface area contributed by atoms with E-state index in [1.54, 1.807) is 6.92 Å². The van der Waals surface area contributed by atoms with Crippen LogP contribution in [0.1, 0.15) is 69.4 Å². The molecule has 8 heteroatoms. The minimum atomic E-state index is -0.0468. The zero-order valence-corrected chi connectivity index (χ0v) is 21.6. The summed E-state index contributed by atoms with van der Waals surface area (Å²) in [7, 11) is 2.20. The van der Waals surface area contributed by atoms with Crippen LogP contribution in [0, 0.1) is 0 Å². The molecule has 8 nitrogen and oxygen atoms in total. The molecule has 1 N–H and O–H groups in total. The van der Waals surface area contributed by atoms with Crippen LogP contribution in [-0.2, 0) is 4.79 Å². The number of hydrogen-bond acceptors (Lipinski definition) is 5. The third-order valence-electron chi connectivity index (χ3n) is 8.48. The highest BCUT2D eigenvalue weighted by Crippen LogP contribution is 2.36. The van der Waals surface area contributed by atoms with Crippen molar-refractivity contribution in [3.63, 3.8) is 0 Å². The van der Waals surface area contributed by atoms with Gasteiger partial charge in [-0.25, -0.2) is 0 Å². The maximum Gasteiger partial charge on any atom is 0.272 e. The fourth-order valence-corrected chi connectivity index (χ4v) is 6.50. The largest absolute Gasteiger partial charge is 0.348 e. The maximum atomic E-state index is 13.3. The molecule has 0 radical (unpaired) electrons. The molecule has 3 aliphatic heterocycles. The lowest BCUT2D eigenvalue weighted by Crippen LogP contribution is -2.52. The van der Waals surface area contributed by atoms with Gasteiger partial charge in [0.15, 0.2) is 5.69 Å². The average molecular weight is 481 g/mol. The van der Waals surface area contributed by atoms with E-state index in [9.17, 15) is 9.59 Å². The van der Waals surface area contributed by atoms with Crippen LogP contribution in [0.2, 0.25) is 0 Å². The van der Waals surface area contributed by atoms with E-state index in [4.69, 9.17) is 0 Å². The number of nitrogens with zero attached hydrogens (tertiary/aromatic N) is 5. The number of carbonyl (C=O) groups is 2. The highest BCUT2D eigenvalue weighted by Gasteiger charge is 2.41. The number of piperidine rings is 1. The zero-order valence-electron chi connectivity index (χ0n) is 21.6. The summed E-state index contributed by atoms with van der Waals surface area (Å²) in [6.07, 6.45) is 5.52. The molecular formula is C27H40N6O2. The second-order valence-electron chi connectivity index (χ2n) is 11.1. The lowest BCUT2D eigenvalue weighted by molar-refractivity contribution is -0.127. The molecule has 3 saturated heterocycles. The molecule has 3 aliphatic rings. The van der Waals surface area contributed by atoms with E-state index in [0.717, 1.165) is 56.3 Å². The Kier molecular flexibility index (Phi) is 6.86. The van der Waals surface area contributed by atoms with Crippen LogP contribution in [0.25, 0.3) is 10.9 Å². The van der Waals surface area contributed by atoms with Crippen LogP contribution in [0.15, 0.2) is 24.3 Å². The Morgan fingerprint density at radius 3 is 2.51 bits per heavy atom. The molecule has 1 aromatic carbocycles. The van der Waals surface area contributed by atoms with Gasteiger partial charge in [-0.2, -0.15) is 5.10 Å². The van der Waals surface area contributed by atoms with Crippen LogP contribution < -0.4 is 5.32 Å². The van der Waals surface area contributed by atoms with Crippen molar-refractivity contribution in [2.75, 3.05) is 33.2 Å². The molecule has 0 saturated carbocycles. The van der Waals surface area contributed by atoms with E-state index in [0.29, 0.717) is 23.8 Å². The van der Waals surface area contributed by atoms with Gasteiger partial charge in [0, 0.05) is 68.7 Å². The standard InChI is InChI=1S/C27H40N6O2/c1-18(2)33-25-8-6-5-7-24(25)26(29-33)27(35)28-20-15-21-9-10-22(16-20)32(21)14-13-30(4)23-11-12-31(17-23)19(3)34/h5-8,18,20-23H,9-17H2,1-4H3,(H,28,35)/t20?,21-,22+,23-/m0/s1. The minimum absolute atomic E-state index is 0.0468. The molecular weight excluding hydrogens is 440 g/mol. The first kappa shape index (κ1) is 24.3. The molecule has 1 aromatic heterocycles. The Balaban J connectivity index is 1.17. The smallest absolute Gasteiger partial charge is 0.272 e. The molecule has 4 atom stereocenters. The highest BCUT2D eigenvalue weighted by atomic mass is 16.2. The van der Waals surface area contributed by atoms with Gasteiger partial charge in [0.05, 0.1) is 5.52 Å². The number of para-hydroxylation sites is 1. The van der Waals surface area contributed by atoms with Crippen LogP contribution in [0.5, 0.6) is 0 Å². The number of likely N-dealkylation sites (tertiary alicyclic amines) is 1. The van der Waals surface area contributed by atoms with E-state index in [2.05, 4.69) is 41.1 Å². The van der Waals surface area contributed by atoms with E-state index < -0.39 is 0 Å². The van der Waals surface area contributed by atoms with Gasteiger partial charge in [0.2, 0.25) is 5.91 Å². The summed E-state index contributed by atoms with van der Waals surface area (Å²) in [6.45, 7) is 9.68. The van der Waals surface area contributed by atoms with Crippen molar-refractivity contribution in [2.24, 2.45) is 0 Å². The molecule has 0 aliphatic carbocycles. The quantitative estimate of drug-likeness (QED) is 0.660. The van der Waals surface area contributed by atoms with E-state index in [1.165, 1.54) is 12.8 Å². The van der Waals surface area contributed by atoms with Gasteiger partial charge in [-0.1, -0.05) is 18.2 Å². The van der Waals surface area contributed by atoms with Crippen LogP contribution >= 0.6 is 0 Å². The summed E-state index contributed by atoms with van der Waals surface area (Å²) in [5.74, 6) is 0.140. The van der Waals surface area contributed by atoms with Gasteiger partial charge < -0.3 is 15.1 Å². The number of carbonyl (C=O) groups excluding carboxylic acids is 2. The first-order valence-corrected chi connectivity index (χ1v) is 13.3. The predicted octanol–water partition coefficient (Wildman–Crippen LogP) is 2.90. The second-order valence-corrected chi connectivity index (χ2v) is 11.1. The normalized spacial score (nSPS) is 26.9. The maximum absolute atomic E-state index is 13.3. The van der Waals surface area contributed by atoms with Crippen LogP contribution in [0.3, 0.4) is 0 Å². The Labute approximate surface area is 208 Å². The summed E-state index contributed by atoms with van der Waals surface area (Å²) in [6, 6.07) is 9.96. The first-order valence-electron chi connectivity index (χ1n) is 13.3.